The summed E-state index contributed by atoms with van der Waals surface area (Å²) in [5, 5.41) is 6.22. The summed E-state index contributed by atoms with van der Waals surface area (Å²) in [5.74, 6) is -0.492. The van der Waals surface area contributed by atoms with Crippen LogP contribution >= 0.6 is 0 Å². The van der Waals surface area contributed by atoms with Gasteiger partial charge in [-0.2, -0.15) is 0 Å². The molecule has 0 radical (unpaired) electrons. The van der Waals surface area contributed by atoms with Crippen LogP contribution in [0.15, 0.2) is 24.3 Å². The smallest absolute Gasteiger partial charge is 0.411 e. The first-order valence-electron chi connectivity index (χ1n) is 12.9. The van der Waals surface area contributed by atoms with Crippen molar-refractivity contribution >= 4 is 17.9 Å². The van der Waals surface area contributed by atoms with Gasteiger partial charge in [-0.15, -0.1) is 0 Å². The standard InChI is InChI=1S/C27H42N4O4/c1-17-6-7-18(2)31(26(34)35-27(3,4)5)23(17)25(33)30-22(24(28)32)16-19-8-10-20(11-9-19)21-12-14-29-15-13-21/h8-11,17-18,21-23,29H,6-7,12-16H2,1-5H3,(H2,28,32)(H,30,33)/t17-,18+,22+,23+/m1/s1. The van der Waals surface area contributed by atoms with Crippen LogP contribution in [-0.2, 0) is 20.7 Å². The average molecular weight is 487 g/mol. The molecule has 1 aromatic carbocycles. The molecule has 0 saturated carbocycles. The fourth-order valence-electron chi connectivity index (χ4n) is 5.14. The lowest BCUT2D eigenvalue weighted by atomic mass is 9.86. The van der Waals surface area contributed by atoms with Crippen LogP contribution < -0.4 is 16.4 Å². The number of hydrogen-bond acceptors (Lipinski definition) is 5. The molecule has 4 N–H and O–H groups in total. The molecule has 35 heavy (non-hydrogen) atoms. The van der Waals surface area contributed by atoms with Gasteiger partial charge in [-0.25, -0.2) is 4.79 Å². The van der Waals surface area contributed by atoms with E-state index >= 15 is 0 Å². The number of nitrogens with one attached hydrogen (secondary N) is 2. The molecule has 8 nitrogen and oxygen atoms in total. The zero-order valence-electron chi connectivity index (χ0n) is 21.8. The maximum absolute atomic E-state index is 13.4. The zero-order chi connectivity index (χ0) is 25.8. The molecule has 2 heterocycles. The number of rotatable bonds is 6. The first kappa shape index (κ1) is 27.0. The van der Waals surface area contributed by atoms with Gasteiger partial charge in [-0.05, 0) is 89.4 Å². The molecule has 8 heteroatoms. The van der Waals surface area contributed by atoms with E-state index in [-0.39, 0.29) is 17.9 Å². The molecule has 2 aliphatic rings. The van der Waals surface area contributed by atoms with E-state index in [2.05, 4.69) is 22.8 Å². The van der Waals surface area contributed by atoms with Crippen LogP contribution in [0.5, 0.6) is 0 Å². The van der Waals surface area contributed by atoms with Crippen LogP contribution in [0.3, 0.4) is 0 Å². The van der Waals surface area contributed by atoms with Crippen LogP contribution in [0.1, 0.15) is 77.3 Å². The highest BCUT2D eigenvalue weighted by molar-refractivity contribution is 5.91. The molecule has 2 saturated heterocycles. The van der Waals surface area contributed by atoms with Gasteiger partial charge < -0.3 is 21.1 Å². The van der Waals surface area contributed by atoms with E-state index in [1.54, 1.807) is 20.8 Å². The van der Waals surface area contributed by atoms with Gasteiger partial charge in [0.1, 0.15) is 17.7 Å². The van der Waals surface area contributed by atoms with E-state index in [4.69, 9.17) is 10.5 Å². The molecule has 0 bridgehead atoms. The summed E-state index contributed by atoms with van der Waals surface area (Å²) in [6.07, 6.45) is 3.61. The Morgan fingerprint density at radius 1 is 1.09 bits per heavy atom. The van der Waals surface area contributed by atoms with E-state index in [1.165, 1.54) is 10.5 Å². The molecule has 194 valence electrons. The van der Waals surface area contributed by atoms with Crippen molar-refractivity contribution < 1.29 is 19.1 Å². The predicted molar refractivity (Wildman–Crippen MR) is 136 cm³/mol. The number of nitrogens with two attached hydrogens (primary N) is 1. The summed E-state index contributed by atoms with van der Waals surface area (Å²) in [7, 11) is 0. The van der Waals surface area contributed by atoms with Crippen LogP contribution in [-0.4, -0.2) is 59.6 Å². The number of amides is 3. The number of primary amides is 1. The Kier molecular flexibility index (Phi) is 8.80. The molecule has 0 aliphatic carbocycles. The van der Waals surface area contributed by atoms with Crippen molar-refractivity contribution in [2.75, 3.05) is 13.1 Å². The third-order valence-corrected chi connectivity index (χ3v) is 7.12. The Morgan fingerprint density at radius 2 is 1.71 bits per heavy atom. The average Bonchev–Trinajstić information content (AvgIpc) is 2.79. The molecule has 3 amide bonds. The maximum atomic E-state index is 13.4. The van der Waals surface area contributed by atoms with E-state index in [1.807, 2.05) is 26.0 Å². The number of carbonyl (C=O) groups is 3. The van der Waals surface area contributed by atoms with E-state index in [9.17, 15) is 14.4 Å². The molecule has 2 aliphatic heterocycles. The van der Waals surface area contributed by atoms with Gasteiger partial charge in [0.2, 0.25) is 11.8 Å². The maximum Gasteiger partial charge on any atom is 0.411 e. The monoisotopic (exact) mass is 486 g/mol. The number of piperidine rings is 2. The van der Waals surface area contributed by atoms with Crippen molar-refractivity contribution in [3.8, 4) is 0 Å². The number of hydrogen-bond donors (Lipinski definition) is 3. The number of carbonyl (C=O) groups excluding carboxylic acids is 3. The van der Waals surface area contributed by atoms with Gasteiger partial charge in [0, 0.05) is 12.5 Å². The Bertz CT molecular complexity index is 889. The van der Waals surface area contributed by atoms with Gasteiger partial charge in [0.25, 0.3) is 0 Å². The first-order valence-corrected chi connectivity index (χ1v) is 12.9. The van der Waals surface area contributed by atoms with Crippen molar-refractivity contribution in [2.24, 2.45) is 11.7 Å². The fourth-order valence-corrected chi connectivity index (χ4v) is 5.14. The number of benzene rings is 1. The Hall–Kier alpha value is -2.61. The molecule has 1 aromatic rings. The summed E-state index contributed by atoms with van der Waals surface area (Å²) in [5.41, 5.74) is 7.24. The molecule has 4 atom stereocenters. The molecule has 2 fully saturated rings. The topological polar surface area (TPSA) is 114 Å². The van der Waals surface area contributed by atoms with E-state index < -0.39 is 29.7 Å². The zero-order valence-corrected chi connectivity index (χ0v) is 21.8. The second kappa shape index (κ2) is 11.4. The summed E-state index contributed by atoms with van der Waals surface area (Å²) < 4.78 is 5.60. The Balaban J connectivity index is 1.71. The largest absolute Gasteiger partial charge is 0.444 e. The van der Waals surface area contributed by atoms with Gasteiger partial charge in [0.15, 0.2) is 0 Å². The fraction of sp³-hybridized carbons (Fsp3) is 0.667. The second-order valence-electron chi connectivity index (χ2n) is 11.2. The van der Waals surface area contributed by atoms with E-state index in [0.29, 0.717) is 12.3 Å². The summed E-state index contributed by atoms with van der Waals surface area (Å²) in [4.78, 5) is 40.2. The number of nitrogens with zero attached hydrogens (tertiary/aromatic N) is 1. The lowest BCUT2D eigenvalue weighted by Crippen LogP contribution is -2.61. The molecular weight excluding hydrogens is 444 g/mol. The molecule has 0 aromatic heterocycles. The molecule has 0 unspecified atom stereocenters. The first-order chi connectivity index (χ1) is 16.5. The van der Waals surface area contributed by atoms with Crippen molar-refractivity contribution in [1.29, 1.82) is 0 Å². The number of likely N-dealkylation sites (tertiary alicyclic amines) is 1. The SMILES string of the molecule is C[C@@H]1CC[C@H](C)N(C(=O)OC(C)(C)C)[C@@H]1C(=O)N[C@@H](Cc1ccc(C2CCNCC2)cc1)C(N)=O. The highest BCUT2D eigenvalue weighted by Crippen LogP contribution is 2.30. The van der Waals surface area contributed by atoms with Gasteiger partial charge in [-0.3, -0.25) is 14.5 Å². The van der Waals surface area contributed by atoms with Crippen molar-refractivity contribution in [2.45, 2.75) is 96.4 Å². The highest BCUT2D eigenvalue weighted by atomic mass is 16.6. The Morgan fingerprint density at radius 3 is 2.29 bits per heavy atom. The summed E-state index contributed by atoms with van der Waals surface area (Å²) >= 11 is 0. The lowest BCUT2D eigenvalue weighted by molar-refractivity contribution is -0.134. The summed E-state index contributed by atoms with van der Waals surface area (Å²) in [6, 6.07) is 6.51. The minimum Gasteiger partial charge on any atom is -0.444 e. The van der Waals surface area contributed by atoms with Gasteiger partial charge in [-0.1, -0.05) is 31.2 Å². The minimum atomic E-state index is -0.864. The van der Waals surface area contributed by atoms with Crippen LogP contribution in [0.25, 0.3) is 0 Å². The van der Waals surface area contributed by atoms with Crippen LogP contribution in [0.4, 0.5) is 4.79 Å². The quantitative estimate of drug-likeness (QED) is 0.572. The van der Waals surface area contributed by atoms with Gasteiger partial charge >= 0.3 is 6.09 Å². The van der Waals surface area contributed by atoms with Crippen molar-refractivity contribution in [1.82, 2.24) is 15.5 Å². The molecular formula is C27H42N4O4. The predicted octanol–water partition coefficient (Wildman–Crippen LogP) is 3.09. The Labute approximate surface area is 209 Å². The summed E-state index contributed by atoms with van der Waals surface area (Å²) in [6.45, 7) is 11.3. The molecule has 3 rings (SSSR count). The van der Waals surface area contributed by atoms with Crippen LogP contribution in [0.2, 0.25) is 0 Å². The van der Waals surface area contributed by atoms with Crippen molar-refractivity contribution in [3.63, 3.8) is 0 Å². The van der Waals surface area contributed by atoms with Gasteiger partial charge in [0.05, 0.1) is 0 Å². The number of ether oxygens (including phenoxy) is 1. The third kappa shape index (κ3) is 7.19. The van der Waals surface area contributed by atoms with E-state index in [0.717, 1.165) is 44.3 Å². The lowest BCUT2D eigenvalue weighted by Gasteiger charge is -2.43. The third-order valence-electron chi connectivity index (χ3n) is 7.12. The molecule has 0 spiro atoms. The second-order valence-corrected chi connectivity index (χ2v) is 11.2. The van der Waals surface area contributed by atoms with Crippen molar-refractivity contribution in [3.05, 3.63) is 35.4 Å². The van der Waals surface area contributed by atoms with Crippen LogP contribution in [0, 0.1) is 5.92 Å². The highest BCUT2D eigenvalue weighted by Gasteiger charge is 2.43. The minimum absolute atomic E-state index is 0.0727. The normalized spacial score (nSPS) is 24.5.